The topological polar surface area (TPSA) is 251 Å². The fraction of sp³-hybridized carbons (Fsp3) is 0.406. The first-order valence-corrected chi connectivity index (χ1v) is 40.1. The number of quaternary nitrogens is 2. The molecule has 0 aromatic heterocycles. The minimum Gasteiger partial charge on any atom is -0.549 e. The highest BCUT2D eigenvalue weighted by Crippen LogP contribution is 2.45. The van der Waals surface area contributed by atoms with Crippen molar-refractivity contribution < 1.29 is 70.1 Å². The Morgan fingerprint density at radius 3 is 0.829 bits per heavy atom. The Bertz CT molecular complexity index is 3730. The van der Waals surface area contributed by atoms with Crippen molar-refractivity contribution in [3.8, 4) is 0 Å². The van der Waals surface area contributed by atoms with Crippen LogP contribution in [0.15, 0.2) is 255 Å². The average Bonchev–Trinajstić information content (AvgIpc) is 0.777. The Morgan fingerprint density at radius 1 is 0.351 bits per heavy atom. The molecule has 3 aliphatic rings. The lowest BCUT2D eigenvalue weighted by atomic mass is 9.72. The number of carboxylic acids is 3. The summed E-state index contributed by atoms with van der Waals surface area (Å²) < 4.78 is 0. The number of hydrogen-bond donors (Lipinski definition) is 9. The molecule has 3 aliphatic heterocycles. The first-order valence-electron chi connectivity index (χ1n) is 40.1. The lowest BCUT2D eigenvalue weighted by Crippen LogP contribution is -3.13. The van der Waals surface area contributed by atoms with Crippen LogP contribution in [0, 0.1) is 17.8 Å². The van der Waals surface area contributed by atoms with Crippen molar-refractivity contribution in [2.75, 3.05) is 58.9 Å². The number of piperidine rings is 3. The molecule has 3 unspecified atom stereocenters. The van der Waals surface area contributed by atoms with Gasteiger partial charge in [0.1, 0.15) is 16.8 Å². The maximum Gasteiger partial charge on any atom is 0.313 e. The summed E-state index contributed by atoms with van der Waals surface area (Å²) >= 11 is 0. The molecule has 3 saturated heterocycles. The van der Waals surface area contributed by atoms with Crippen molar-refractivity contribution >= 4 is 17.9 Å². The molecule has 0 bridgehead atoms. The first-order chi connectivity index (χ1) is 53.2. The summed E-state index contributed by atoms with van der Waals surface area (Å²) in [5, 5.41) is 100. The van der Waals surface area contributed by atoms with Crippen LogP contribution in [-0.2, 0) is 47.4 Å². The molecule has 0 radical (unpaired) electrons. The molecule has 0 amide bonds. The summed E-state index contributed by atoms with van der Waals surface area (Å²) in [7, 11) is 0. The Hall–Kier alpha value is -8.97. The fourth-order valence-electron chi connectivity index (χ4n) is 16.9. The third kappa shape index (κ3) is 20.7. The van der Waals surface area contributed by atoms with Gasteiger partial charge in [-0.25, -0.2) is 0 Å². The van der Waals surface area contributed by atoms with E-state index in [0.29, 0.717) is 30.4 Å². The fourth-order valence-corrected chi connectivity index (χ4v) is 16.9. The predicted octanol–water partition coefficient (Wildman–Crippen LogP) is 11.0. The Balaban J connectivity index is 0.000000177. The zero-order valence-electron chi connectivity index (χ0n) is 65.7. The largest absolute Gasteiger partial charge is 0.549 e. The molecule has 9 N–H and O–H groups in total. The maximum atomic E-state index is 12.1. The molecule has 0 aliphatic carbocycles. The van der Waals surface area contributed by atoms with E-state index in [1.165, 1.54) is 9.80 Å². The number of nitrogens with one attached hydrogen (secondary N) is 2. The number of rotatable bonds is 30. The van der Waals surface area contributed by atoms with E-state index in [2.05, 4.69) is 4.90 Å². The summed E-state index contributed by atoms with van der Waals surface area (Å²) in [5.41, 5.74) is 4.10. The molecular weight excluding hydrogens is 1390 g/mol. The highest BCUT2D eigenvalue weighted by Gasteiger charge is 2.45. The Labute approximate surface area is 657 Å². The van der Waals surface area contributed by atoms with Crippen molar-refractivity contribution in [2.24, 2.45) is 17.8 Å². The second kappa shape index (κ2) is 38.5. The van der Waals surface area contributed by atoms with Crippen molar-refractivity contribution in [2.45, 2.75) is 170 Å². The van der Waals surface area contributed by atoms with Gasteiger partial charge in [0.25, 0.3) is 0 Å². The minimum atomic E-state index is -1.12. The number of carbonyl (C=O) groups is 3. The van der Waals surface area contributed by atoms with Gasteiger partial charge in [0.05, 0.1) is 74.9 Å². The second-order valence-electron chi connectivity index (χ2n) is 32.8. The van der Waals surface area contributed by atoms with Crippen molar-refractivity contribution in [1.29, 1.82) is 0 Å². The number of carbonyl (C=O) groups excluding carboxylic acids is 2. The van der Waals surface area contributed by atoms with Crippen LogP contribution >= 0.6 is 0 Å². The average molecular weight is 1510 g/mol. The normalized spacial score (nSPS) is 18.4. The molecule has 15 nitrogen and oxygen atoms in total. The van der Waals surface area contributed by atoms with Gasteiger partial charge in [0, 0.05) is 48.3 Å². The van der Waals surface area contributed by atoms with E-state index in [1.807, 2.05) is 231 Å². The van der Waals surface area contributed by atoms with Crippen LogP contribution in [0.5, 0.6) is 0 Å². The smallest absolute Gasteiger partial charge is 0.313 e. The molecule has 3 atom stereocenters. The van der Waals surface area contributed by atoms with Gasteiger partial charge in [0.15, 0.2) is 0 Å². The van der Waals surface area contributed by atoms with E-state index in [4.69, 9.17) is 0 Å². The van der Waals surface area contributed by atoms with Crippen LogP contribution in [0.3, 0.4) is 0 Å². The van der Waals surface area contributed by atoms with Gasteiger partial charge >= 0.3 is 5.97 Å². The number of nitrogens with zero attached hydrogens (tertiary/aromatic N) is 1. The van der Waals surface area contributed by atoms with Gasteiger partial charge in [-0.2, -0.15) is 0 Å². The van der Waals surface area contributed by atoms with Gasteiger partial charge in [-0.1, -0.05) is 282 Å². The van der Waals surface area contributed by atoms with Crippen LogP contribution in [0.4, 0.5) is 0 Å². The van der Waals surface area contributed by atoms with E-state index in [0.717, 1.165) is 172 Å². The van der Waals surface area contributed by atoms with E-state index in [-0.39, 0.29) is 17.8 Å². The van der Waals surface area contributed by atoms with E-state index in [1.54, 1.807) is 65.8 Å². The third-order valence-electron chi connectivity index (χ3n) is 24.6. The zero-order valence-corrected chi connectivity index (χ0v) is 65.7. The van der Waals surface area contributed by atoms with Gasteiger partial charge in [0.2, 0.25) is 0 Å². The van der Waals surface area contributed by atoms with Crippen LogP contribution in [0.1, 0.15) is 204 Å². The molecule has 0 saturated carbocycles. The molecular formula is C96H117N3O12. The molecule has 15 heteroatoms. The number of aliphatic carboxylic acids is 3. The minimum absolute atomic E-state index is 0.128. The van der Waals surface area contributed by atoms with Gasteiger partial charge in [-0.15, -0.1) is 0 Å². The summed E-state index contributed by atoms with van der Waals surface area (Å²) in [5.74, 6) is -2.66. The molecule has 12 rings (SSSR count). The van der Waals surface area contributed by atoms with Gasteiger partial charge in [-0.05, 0) is 158 Å². The van der Waals surface area contributed by atoms with E-state index >= 15 is 0 Å². The highest BCUT2D eigenvalue weighted by atomic mass is 16.4. The van der Waals surface area contributed by atoms with E-state index in [9.17, 15) is 60.3 Å². The SMILES string of the molecule is CC(C)(C(=O)O)c1ccc(C(O)CCC[NH+]2CCC(C(O)(c3ccccc3)c3ccccc3)CC2)cc1.CC(C)(C(=O)[O-])c1ccc(C(O)CCCN2CCC(C(O)(c3ccccc3)c3ccccc3)CC2)cc1.CC(C)(C(=O)[O-])c1ccc(C(O)CCC[NH+]2CCC(C(O)(c3ccccc3)c3ccccc3)CC2)cc1. The molecule has 111 heavy (non-hydrogen) atoms. The van der Waals surface area contributed by atoms with Crippen molar-refractivity contribution in [3.63, 3.8) is 0 Å². The van der Waals surface area contributed by atoms with E-state index < -0.39 is 69.3 Å². The number of aliphatic hydroxyl groups excluding tert-OH is 3. The number of aliphatic hydroxyl groups is 6. The van der Waals surface area contributed by atoms with Crippen LogP contribution in [0.2, 0.25) is 0 Å². The standard InChI is InChI=1S/3C32H39NO4/c3*1-31(2,30(35)36)25-17-15-24(16-18-25)29(34)14-9-21-33-22-19-28(20-23-33)32(37,26-10-5-3-6-11-26)27-12-7-4-8-13-27/h3*3-8,10-13,15-18,28-29,34,37H,9,14,19-23H2,1-2H3,(H,35,36). The highest BCUT2D eigenvalue weighted by molar-refractivity contribution is 5.80. The summed E-state index contributed by atoms with van der Waals surface area (Å²) in [6, 6.07) is 81.7. The number of carboxylic acid groups (broad SMARTS) is 3. The van der Waals surface area contributed by atoms with Crippen molar-refractivity contribution in [3.05, 3.63) is 322 Å². The zero-order chi connectivity index (χ0) is 79.4. The molecule has 9 aromatic rings. The molecule has 0 spiro atoms. The molecule has 3 fully saturated rings. The summed E-state index contributed by atoms with van der Waals surface area (Å²) in [4.78, 5) is 39.7. The Morgan fingerprint density at radius 2 is 0.586 bits per heavy atom. The predicted molar refractivity (Wildman–Crippen MR) is 432 cm³/mol. The molecule has 588 valence electrons. The third-order valence-corrected chi connectivity index (χ3v) is 24.6. The number of hydrogen-bond acceptors (Lipinski definition) is 12. The van der Waals surface area contributed by atoms with Gasteiger partial charge < -0.3 is 70.2 Å². The molecule has 9 aromatic carbocycles. The summed E-state index contributed by atoms with van der Waals surface area (Å²) in [6.45, 7) is 18.6. The monoisotopic (exact) mass is 1500 g/mol. The van der Waals surface area contributed by atoms with Crippen LogP contribution in [-0.4, -0.2) is 117 Å². The summed E-state index contributed by atoms with van der Waals surface area (Å²) in [6.07, 6.45) is 8.50. The number of benzene rings is 9. The second-order valence-corrected chi connectivity index (χ2v) is 32.8. The lowest BCUT2D eigenvalue weighted by molar-refractivity contribution is -0.907. The van der Waals surface area contributed by atoms with Crippen LogP contribution < -0.4 is 20.0 Å². The quantitative estimate of drug-likeness (QED) is 0.0203. The maximum absolute atomic E-state index is 12.1. The van der Waals surface area contributed by atoms with Crippen molar-refractivity contribution in [1.82, 2.24) is 4.90 Å². The Kier molecular flexibility index (Phi) is 29.3. The van der Waals surface area contributed by atoms with Gasteiger partial charge in [-0.3, -0.25) is 4.79 Å². The lowest BCUT2D eigenvalue weighted by Gasteiger charge is -2.42. The molecule has 3 heterocycles. The van der Waals surface area contributed by atoms with Crippen LogP contribution in [0.25, 0.3) is 0 Å². The first kappa shape index (κ1) is 84.5. The number of likely N-dealkylation sites (tertiary alicyclic amines) is 3.